The van der Waals surface area contributed by atoms with Gasteiger partial charge in [-0.2, -0.15) is 4.98 Å². The van der Waals surface area contributed by atoms with Crippen LogP contribution in [-0.4, -0.2) is 23.9 Å². The molecule has 1 heterocycles. The number of nitrogens with two attached hydrogens (primary N) is 1. The molecule has 5 nitrogen and oxygen atoms in total. The molecule has 0 saturated carbocycles. The van der Waals surface area contributed by atoms with E-state index >= 15 is 0 Å². The quantitative estimate of drug-likeness (QED) is 0.858. The number of hydrogen-bond donors (Lipinski definition) is 1. The summed E-state index contributed by atoms with van der Waals surface area (Å²) in [5.41, 5.74) is 8.41. The normalized spacial score (nSPS) is 12.6. The maximum Gasteiger partial charge on any atom is 0.227 e. The van der Waals surface area contributed by atoms with Gasteiger partial charge in [-0.05, 0) is 24.5 Å². The lowest BCUT2D eigenvalue weighted by Gasteiger charge is -2.03. The molecule has 2 aromatic rings. The minimum absolute atomic E-state index is 0.332. The lowest BCUT2D eigenvalue weighted by Crippen LogP contribution is -2.17. The van der Waals surface area contributed by atoms with Crippen molar-refractivity contribution in [3.05, 3.63) is 47.1 Å². The molecule has 1 aromatic carbocycles. The Balaban J connectivity index is 1.95. The fourth-order valence-corrected chi connectivity index (χ4v) is 1.91. The largest absolute Gasteiger partial charge is 0.383 e. The van der Waals surface area contributed by atoms with Crippen LogP contribution in [0.25, 0.3) is 0 Å². The Morgan fingerprint density at radius 2 is 2.11 bits per heavy atom. The molecule has 1 atom stereocenters. The second-order valence-corrected chi connectivity index (χ2v) is 4.53. The third kappa shape index (κ3) is 3.62. The van der Waals surface area contributed by atoms with Crippen LogP contribution in [0.2, 0.25) is 0 Å². The predicted octanol–water partition coefficient (Wildman–Crippen LogP) is 1.81. The van der Waals surface area contributed by atoms with E-state index in [0.717, 1.165) is 12.8 Å². The molecule has 0 radical (unpaired) electrons. The van der Waals surface area contributed by atoms with Gasteiger partial charge in [0, 0.05) is 13.5 Å². The van der Waals surface area contributed by atoms with E-state index in [0.29, 0.717) is 18.3 Å². The van der Waals surface area contributed by atoms with Crippen LogP contribution in [0.3, 0.4) is 0 Å². The van der Waals surface area contributed by atoms with Gasteiger partial charge in [-0.1, -0.05) is 29.4 Å². The third-order valence-corrected chi connectivity index (χ3v) is 3.03. The summed E-state index contributed by atoms with van der Waals surface area (Å²) in [5, 5.41) is 3.88. The highest BCUT2D eigenvalue weighted by molar-refractivity contribution is 5.25. The van der Waals surface area contributed by atoms with Crippen LogP contribution in [-0.2, 0) is 17.6 Å². The smallest absolute Gasteiger partial charge is 0.227 e. The lowest BCUT2D eigenvalue weighted by molar-refractivity contribution is 0.177. The van der Waals surface area contributed by atoms with Crippen molar-refractivity contribution < 1.29 is 9.26 Å². The summed E-state index contributed by atoms with van der Waals surface area (Å²) in [6.45, 7) is 2.49. The molecule has 5 heteroatoms. The Labute approximate surface area is 112 Å². The molecular formula is C14H19N3O2. The number of nitrogens with zero attached hydrogens (tertiary/aromatic N) is 2. The summed E-state index contributed by atoms with van der Waals surface area (Å²) in [7, 11) is 1.60. The first-order valence-corrected chi connectivity index (χ1v) is 6.32. The number of benzene rings is 1. The first kappa shape index (κ1) is 13.7. The number of ether oxygens (including phenoxy) is 1. The first-order valence-electron chi connectivity index (χ1n) is 6.32. The molecule has 0 fully saturated rings. The molecule has 0 saturated heterocycles. The molecule has 19 heavy (non-hydrogen) atoms. The fraction of sp³-hybridized carbons (Fsp3) is 0.429. The van der Waals surface area contributed by atoms with E-state index in [1.807, 2.05) is 12.1 Å². The number of aryl methyl sites for hydroxylation is 3. The summed E-state index contributed by atoms with van der Waals surface area (Å²) in [4.78, 5) is 4.29. The maximum absolute atomic E-state index is 5.84. The minimum atomic E-state index is -0.332. The zero-order valence-electron chi connectivity index (χ0n) is 11.3. The molecule has 1 aromatic heterocycles. The average molecular weight is 261 g/mol. The standard InChI is InChI=1S/C14H19N3O2/c1-10-5-3-4-6-11(10)7-8-13-16-14(17-19-13)12(15)9-18-2/h3-6,12H,7-9,15H2,1-2H3. The van der Waals surface area contributed by atoms with Gasteiger partial charge in [-0.15, -0.1) is 0 Å². The molecule has 2 N–H and O–H groups in total. The van der Waals surface area contributed by atoms with Crippen molar-refractivity contribution in [1.29, 1.82) is 0 Å². The average Bonchev–Trinajstić information content (AvgIpc) is 2.87. The van der Waals surface area contributed by atoms with Gasteiger partial charge in [0.15, 0.2) is 5.82 Å². The van der Waals surface area contributed by atoms with E-state index in [9.17, 15) is 0 Å². The molecule has 0 bridgehead atoms. The summed E-state index contributed by atoms with van der Waals surface area (Å²) < 4.78 is 10.2. The zero-order valence-corrected chi connectivity index (χ0v) is 11.3. The first-order chi connectivity index (χ1) is 9.20. The molecule has 102 valence electrons. The SMILES string of the molecule is COCC(N)c1noc(CCc2ccccc2C)n1. The summed E-state index contributed by atoms with van der Waals surface area (Å²) in [5.74, 6) is 1.12. The Bertz CT molecular complexity index is 525. The van der Waals surface area contributed by atoms with Crippen molar-refractivity contribution >= 4 is 0 Å². The van der Waals surface area contributed by atoms with Crippen LogP contribution in [0, 0.1) is 6.92 Å². The van der Waals surface area contributed by atoms with Gasteiger partial charge in [0.2, 0.25) is 5.89 Å². The molecule has 0 aliphatic rings. The van der Waals surface area contributed by atoms with Crippen LogP contribution in [0.5, 0.6) is 0 Å². The Kier molecular flexibility index (Phi) is 4.65. The van der Waals surface area contributed by atoms with E-state index < -0.39 is 0 Å². The third-order valence-electron chi connectivity index (χ3n) is 3.03. The van der Waals surface area contributed by atoms with Crippen molar-refractivity contribution in [3.8, 4) is 0 Å². The second kappa shape index (κ2) is 6.45. The van der Waals surface area contributed by atoms with Crippen molar-refractivity contribution in [2.75, 3.05) is 13.7 Å². The van der Waals surface area contributed by atoms with Gasteiger partial charge in [0.25, 0.3) is 0 Å². The topological polar surface area (TPSA) is 74.2 Å². The predicted molar refractivity (Wildman–Crippen MR) is 71.7 cm³/mol. The van der Waals surface area contributed by atoms with Gasteiger partial charge in [0.05, 0.1) is 12.6 Å². The number of hydrogen-bond acceptors (Lipinski definition) is 5. The Hall–Kier alpha value is -1.72. The van der Waals surface area contributed by atoms with E-state index in [1.165, 1.54) is 11.1 Å². The van der Waals surface area contributed by atoms with Crippen LogP contribution >= 0.6 is 0 Å². The van der Waals surface area contributed by atoms with Crippen LogP contribution in [0.15, 0.2) is 28.8 Å². The number of aromatic nitrogens is 2. The summed E-state index contributed by atoms with van der Waals surface area (Å²) in [6, 6.07) is 7.96. The molecule has 0 spiro atoms. The van der Waals surface area contributed by atoms with Gasteiger partial charge in [-0.3, -0.25) is 0 Å². The maximum atomic E-state index is 5.84. The van der Waals surface area contributed by atoms with Crippen molar-refractivity contribution in [2.24, 2.45) is 5.73 Å². The molecule has 2 rings (SSSR count). The molecular weight excluding hydrogens is 242 g/mol. The summed E-state index contributed by atoms with van der Waals surface area (Å²) >= 11 is 0. The fourth-order valence-electron chi connectivity index (χ4n) is 1.91. The second-order valence-electron chi connectivity index (χ2n) is 4.53. The molecule has 1 unspecified atom stereocenters. The van der Waals surface area contributed by atoms with E-state index in [1.54, 1.807) is 7.11 Å². The van der Waals surface area contributed by atoms with Crippen LogP contribution in [0.1, 0.15) is 28.9 Å². The van der Waals surface area contributed by atoms with Crippen LogP contribution < -0.4 is 5.73 Å². The van der Waals surface area contributed by atoms with E-state index in [2.05, 4.69) is 29.2 Å². The lowest BCUT2D eigenvalue weighted by atomic mass is 10.0. The van der Waals surface area contributed by atoms with Gasteiger partial charge >= 0.3 is 0 Å². The Morgan fingerprint density at radius 3 is 2.84 bits per heavy atom. The molecule has 0 aliphatic carbocycles. The number of rotatable bonds is 6. The summed E-state index contributed by atoms with van der Waals surface area (Å²) in [6.07, 6.45) is 1.60. The highest BCUT2D eigenvalue weighted by atomic mass is 16.5. The zero-order chi connectivity index (χ0) is 13.7. The monoisotopic (exact) mass is 261 g/mol. The number of methoxy groups -OCH3 is 1. The van der Waals surface area contributed by atoms with Gasteiger partial charge in [0.1, 0.15) is 0 Å². The van der Waals surface area contributed by atoms with Gasteiger partial charge in [-0.25, -0.2) is 0 Å². The molecule has 0 amide bonds. The van der Waals surface area contributed by atoms with E-state index in [-0.39, 0.29) is 6.04 Å². The van der Waals surface area contributed by atoms with Gasteiger partial charge < -0.3 is 15.0 Å². The highest BCUT2D eigenvalue weighted by Gasteiger charge is 2.14. The minimum Gasteiger partial charge on any atom is -0.383 e. The Morgan fingerprint density at radius 1 is 1.32 bits per heavy atom. The highest BCUT2D eigenvalue weighted by Crippen LogP contribution is 2.12. The van der Waals surface area contributed by atoms with E-state index in [4.69, 9.17) is 15.0 Å². The van der Waals surface area contributed by atoms with Crippen molar-refractivity contribution in [2.45, 2.75) is 25.8 Å². The van der Waals surface area contributed by atoms with Crippen LogP contribution in [0.4, 0.5) is 0 Å². The van der Waals surface area contributed by atoms with Crippen molar-refractivity contribution in [1.82, 2.24) is 10.1 Å². The molecule has 0 aliphatic heterocycles. The van der Waals surface area contributed by atoms with Crippen molar-refractivity contribution in [3.63, 3.8) is 0 Å².